The first-order chi connectivity index (χ1) is 15.4. The first-order valence-electron chi connectivity index (χ1n) is 10.3. The van der Waals surface area contributed by atoms with Crippen LogP contribution in [0.1, 0.15) is 44.0 Å². The molecule has 0 saturated heterocycles. The second-order valence-electron chi connectivity index (χ2n) is 7.63. The number of aromatic hydroxyl groups is 1. The minimum absolute atomic E-state index is 0.133. The molecule has 0 spiro atoms. The quantitative estimate of drug-likeness (QED) is 0.274. The van der Waals surface area contributed by atoms with Crippen molar-refractivity contribution in [1.29, 1.82) is 0 Å². The lowest BCUT2D eigenvalue weighted by Gasteiger charge is -2.11. The zero-order valence-corrected chi connectivity index (χ0v) is 18.4. The number of benzene rings is 2. The number of fused-ring (bicyclic) bond motifs is 1. The van der Waals surface area contributed by atoms with Gasteiger partial charge in [-0.25, -0.2) is 9.59 Å². The van der Waals surface area contributed by atoms with Crippen molar-refractivity contribution in [3.8, 4) is 17.2 Å². The van der Waals surface area contributed by atoms with Crippen molar-refractivity contribution in [2.75, 3.05) is 6.61 Å². The van der Waals surface area contributed by atoms with E-state index in [0.29, 0.717) is 5.75 Å². The molecule has 6 heteroatoms. The van der Waals surface area contributed by atoms with Gasteiger partial charge in [-0.3, -0.25) is 0 Å². The van der Waals surface area contributed by atoms with Crippen LogP contribution in [-0.2, 0) is 0 Å². The summed E-state index contributed by atoms with van der Waals surface area (Å²) >= 11 is 0. The first-order valence-corrected chi connectivity index (χ1v) is 10.3. The molecule has 6 nitrogen and oxygen atoms in total. The van der Waals surface area contributed by atoms with Crippen LogP contribution in [0.5, 0.6) is 17.2 Å². The molecule has 0 aliphatic rings. The molecular weight excluding hydrogens is 408 g/mol. The normalized spacial score (nSPS) is 11.3. The molecule has 0 bridgehead atoms. The van der Waals surface area contributed by atoms with Crippen molar-refractivity contribution >= 4 is 16.9 Å². The highest BCUT2D eigenvalue weighted by molar-refractivity contribution is 5.94. The molecule has 2 aromatic carbocycles. The molecule has 1 N–H and O–H groups in total. The smallest absolute Gasteiger partial charge is 0.383 e. The van der Waals surface area contributed by atoms with Gasteiger partial charge in [-0.2, -0.15) is 0 Å². The molecule has 3 rings (SSSR count). The number of esters is 1. The molecule has 0 aliphatic heterocycles. The minimum atomic E-state index is -0.952. The second-order valence-corrected chi connectivity index (χ2v) is 7.63. The molecule has 0 atom stereocenters. The maximum atomic E-state index is 12.4. The number of ether oxygens (including phenoxy) is 2. The molecule has 166 valence electrons. The molecule has 0 unspecified atom stereocenters. The Kier molecular flexibility index (Phi) is 7.49. The van der Waals surface area contributed by atoms with Gasteiger partial charge in [-0.1, -0.05) is 41.5 Å². The Balaban J connectivity index is 1.84. The van der Waals surface area contributed by atoms with E-state index in [4.69, 9.17) is 13.9 Å². The van der Waals surface area contributed by atoms with Crippen molar-refractivity contribution in [2.24, 2.45) is 0 Å². The van der Waals surface area contributed by atoms with Crippen molar-refractivity contribution in [1.82, 2.24) is 0 Å². The van der Waals surface area contributed by atoms with Crippen LogP contribution in [0.15, 0.2) is 81.0 Å². The largest absolute Gasteiger partial charge is 0.503 e. The summed E-state index contributed by atoms with van der Waals surface area (Å²) in [7, 11) is 0. The Morgan fingerprint density at radius 1 is 1.03 bits per heavy atom. The maximum absolute atomic E-state index is 12.4. The number of carbonyl (C=O) groups excluding carboxylic acids is 1. The van der Waals surface area contributed by atoms with E-state index >= 15 is 0 Å². The third-order valence-corrected chi connectivity index (χ3v) is 4.79. The van der Waals surface area contributed by atoms with Crippen LogP contribution in [0.2, 0.25) is 0 Å². The van der Waals surface area contributed by atoms with E-state index in [1.807, 2.05) is 13.0 Å². The fraction of sp³-hybridized carbons (Fsp3) is 0.231. The van der Waals surface area contributed by atoms with Crippen LogP contribution < -0.4 is 15.1 Å². The molecule has 0 fully saturated rings. The lowest BCUT2D eigenvalue weighted by molar-refractivity contribution is 0.0723. The van der Waals surface area contributed by atoms with Gasteiger partial charge >= 0.3 is 11.6 Å². The average Bonchev–Trinajstić information content (AvgIpc) is 2.76. The van der Waals surface area contributed by atoms with Crippen LogP contribution in [-0.4, -0.2) is 17.7 Å². The summed E-state index contributed by atoms with van der Waals surface area (Å²) < 4.78 is 16.3. The van der Waals surface area contributed by atoms with Crippen LogP contribution >= 0.6 is 0 Å². The predicted molar refractivity (Wildman–Crippen MR) is 123 cm³/mol. The minimum Gasteiger partial charge on any atom is -0.503 e. The number of carbonyl (C=O) groups is 1. The highest BCUT2D eigenvalue weighted by atomic mass is 16.6. The van der Waals surface area contributed by atoms with Crippen LogP contribution in [0, 0.1) is 0 Å². The first kappa shape index (κ1) is 22.9. The highest BCUT2D eigenvalue weighted by Crippen LogP contribution is 2.38. The predicted octanol–water partition coefficient (Wildman–Crippen LogP) is 5.79. The summed E-state index contributed by atoms with van der Waals surface area (Å²) in [4.78, 5) is 24.7. The van der Waals surface area contributed by atoms with Gasteiger partial charge in [-0.05, 0) is 64.0 Å². The molecule has 0 aliphatic carbocycles. The Labute approximate surface area is 186 Å². The van der Waals surface area contributed by atoms with Crippen molar-refractivity contribution in [2.45, 2.75) is 33.6 Å². The molecule has 0 radical (unpaired) electrons. The lowest BCUT2D eigenvalue weighted by Crippen LogP contribution is -2.14. The van der Waals surface area contributed by atoms with Crippen LogP contribution in [0.3, 0.4) is 0 Å². The van der Waals surface area contributed by atoms with Gasteiger partial charge in [-0.15, -0.1) is 0 Å². The van der Waals surface area contributed by atoms with Crippen molar-refractivity contribution < 1.29 is 23.8 Å². The Morgan fingerprint density at radius 2 is 1.78 bits per heavy atom. The topological polar surface area (TPSA) is 86.0 Å². The van der Waals surface area contributed by atoms with Gasteiger partial charge in [0, 0.05) is 0 Å². The second kappa shape index (κ2) is 10.5. The monoisotopic (exact) mass is 434 g/mol. The molecule has 0 amide bonds. The van der Waals surface area contributed by atoms with Crippen molar-refractivity contribution in [3.63, 3.8) is 0 Å². The number of rotatable bonds is 8. The standard InChI is InChI=1S/C26H26O6/c1-17(2)9-7-10-18(3)15-16-30-20-13-8-14-21-22(20)23(27)24(26(29)31-21)32-25(28)19-11-5-4-6-12-19/h4-6,8-9,11-15,27H,7,10,16H2,1-3H3. The molecule has 1 aromatic heterocycles. The summed E-state index contributed by atoms with van der Waals surface area (Å²) in [5.74, 6) is -1.54. The third kappa shape index (κ3) is 5.66. The van der Waals surface area contributed by atoms with E-state index in [9.17, 15) is 14.7 Å². The summed E-state index contributed by atoms with van der Waals surface area (Å²) in [5, 5.41) is 10.9. The fourth-order valence-electron chi connectivity index (χ4n) is 3.09. The summed E-state index contributed by atoms with van der Waals surface area (Å²) in [6, 6.07) is 13.0. The van der Waals surface area contributed by atoms with E-state index in [-0.39, 0.29) is 23.1 Å². The van der Waals surface area contributed by atoms with Gasteiger partial charge < -0.3 is 19.0 Å². The van der Waals surface area contributed by atoms with Crippen LogP contribution in [0.25, 0.3) is 11.0 Å². The fourth-order valence-corrected chi connectivity index (χ4v) is 3.09. The van der Waals surface area contributed by atoms with Gasteiger partial charge in [0.15, 0.2) is 5.75 Å². The van der Waals surface area contributed by atoms with E-state index in [2.05, 4.69) is 19.9 Å². The van der Waals surface area contributed by atoms with Gasteiger partial charge in [0.1, 0.15) is 23.3 Å². The molecule has 1 heterocycles. The number of hydrogen-bond donors (Lipinski definition) is 1. The zero-order chi connectivity index (χ0) is 23.1. The average molecular weight is 434 g/mol. The highest BCUT2D eigenvalue weighted by Gasteiger charge is 2.22. The van der Waals surface area contributed by atoms with E-state index in [1.54, 1.807) is 42.5 Å². The van der Waals surface area contributed by atoms with Crippen LogP contribution in [0.4, 0.5) is 0 Å². The third-order valence-electron chi connectivity index (χ3n) is 4.79. The zero-order valence-electron chi connectivity index (χ0n) is 18.4. The van der Waals surface area contributed by atoms with E-state index < -0.39 is 23.1 Å². The SMILES string of the molecule is CC(C)=CCCC(C)=CCOc1cccc2oc(=O)c(OC(=O)c3ccccc3)c(O)c12. The maximum Gasteiger partial charge on any atom is 0.383 e. The summed E-state index contributed by atoms with van der Waals surface area (Å²) in [6.45, 7) is 6.44. The lowest BCUT2D eigenvalue weighted by atomic mass is 10.1. The molecule has 3 aromatic rings. The summed E-state index contributed by atoms with van der Waals surface area (Å²) in [5.41, 5.74) is 1.88. The van der Waals surface area contributed by atoms with Gasteiger partial charge in [0.25, 0.3) is 5.75 Å². The van der Waals surface area contributed by atoms with E-state index in [1.165, 1.54) is 17.2 Å². The van der Waals surface area contributed by atoms with Gasteiger partial charge in [0.05, 0.1) is 5.56 Å². The Hall–Kier alpha value is -3.80. The number of allylic oxidation sites excluding steroid dienone is 3. The molecule has 0 saturated carbocycles. The molecule has 32 heavy (non-hydrogen) atoms. The summed E-state index contributed by atoms with van der Waals surface area (Å²) in [6.07, 6.45) is 6.02. The molecular formula is C26H26O6. The number of hydrogen-bond acceptors (Lipinski definition) is 6. The van der Waals surface area contributed by atoms with E-state index in [0.717, 1.165) is 12.8 Å². The Bertz CT molecular complexity index is 1210. The Morgan fingerprint density at radius 3 is 2.50 bits per heavy atom. The van der Waals surface area contributed by atoms with Crippen molar-refractivity contribution in [3.05, 3.63) is 87.8 Å². The van der Waals surface area contributed by atoms with Gasteiger partial charge in [0.2, 0.25) is 0 Å².